The van der Waals surface area contributed by atoms with E-state index in [0.717, 1.165) is 18.5 Å². The molecular weight excluding hydrogens is 170 g/mol. The minimum Gasteiger partial charge on any atom is -0.261 e. The molecule has 0 saturated carbocycles. The lowest BCUT2D eigenvalue weighted by Gasteiger charge is -2.21. The fourth-order valence-electron chi connectivity index (χ4n) is 1.76. The van der Waals surface area contributed by atoms with Crippen molar-refractivity contribution in [3.63, 3.8) is 0 Å². The largest absolute Gasteiger partial charge is 0.261 e. The van der Waals surface area contributed by atoms with Crippen LogP contribution in [0.3, 0.4) is 0 Å². The number of fused-ring (bicyclic) bond motifs is 1. The minimum absolute atomic E-state index is 0.246. The highest BCUT2D eigenvalue weighted by atomic mass is 14.7. The van der Waals surface area contributed by atoms with Crippen LogP contribution in [0.1, 0.15) is 38.3 Å². The van der Waals surface area contributed by atoms with E-state index in [1.54, 1.807) is 0 Å². The standard InChI is InChI=1S/C13H17N/c1-13(2,3)11-6-7-12-10(9-11)5-4-8-14-12/h6-9H,4-5H2,1-3H3. The molecule has 1 aromatic rings. The first-order valence-corrected chi connectivity index (χ1v) is 5.23. The molecule has 0 fully saturated rings. The summed E-state index contributed by atoms with van der Waals surface area (Å²) in [6.45, 7) is 6.75. The lowest BCUT2D eigenvalue weighted by molar-refractivity contribution is 0.589. The predicted molar refractivity (Wildman–Crippen MR) is 61.6 cm³/mol. The molecule has 0 amide bonds. The molecule has 0 atom stereocenters. The molecule has 0 aromatic heterocycles. The van der Waals surface area contributed by atoms with E-state index in [2.05, 4.69) is 44.0 Å². The average Bonchev–Trinajstić information content (AvgIpc) is 2.16. The van der Waals surface area contributed by atoms with E-state index >= 15 is 0 Å². The van der Waals surface area contributed by atoms with Gasteiger partial charge in [0, 0.05) is 6.21 Å². The molecule has 0 bridgehead atoms. The Bertz CT molecular complexity index is 369. The fraction of sp³-hybridized carbons (Fsp3) is 0.462. The number of hydrogen-bond acceptors (Lipinski definition) is 1. The molecule has 0 unspecified atom stereocenters. The van der Waals surface area contributed by atoms with E-state index in [4.69, 9.17) is 0 Å². The van der Waals surface area contributed by atoms with E-state index in [1.807, 2.05) is 6.21 Å². The van der Waals surface area contributed by atoms with Gasteiger partial charge in [0.1, 0.15) is 0 Å². The average molecular weight is 187 g/mol. The maximum atomic E-state index is 4.39. The smallest absolute Gasteiger partial charge is 0.0657 e. The van der Waals surface area contributed by atoms with Crippen molar-refractivity contribution in [2.24, 2.45) is 4.99 Å². The molecule has 14 heavy (non-hydrogen) atoms. The second-order valence-corrected chi connectivity index (χ2v) is 4.94. The number of rotatable bonds is 0. The van der Waals surface area contributed by atoms with E-state index in [-0.39, 0.29) is 5.41 Å². The summed E-state index contributed by atoms with van der Waals surface area (Å²) in [5, 5.41) is 0. The minimum atomic E-state index is 0.246. The van der Waals surface area contributed by atoms with Crippen LogP contribution >= 0.6 is 0 Å². The summed E-state index contributed by atoms with van der Waals surface area (Å²) in [5.74, 6) is 0. The van der Waals surface area contributed by atoms with Gasteiger partial charge in [0.05, 0.1) is 5.69 Å². The quantitative estimate of drug-likeness (QED) is 0.588. The number of nitrogens with zero attached hydrogens (tertiary/aromatic N) is 1. The van der Waals surface area contributed by atoms with Crippen molar-refractivity contribution >= 4 is 11.9 Å². The summed E-state index contributed by atoms with van der Waals surface area (Å²) in [6.07, 6.45) is 4.24. The Morgan fingerprint density at radius 1 is 1.21 bits per heavy atom. The molecule has 1 aromatic carbocycles. The van der Waals surface area contributed by atoms with Gasteiger partial charge in [-0.05, 0) is 35.4 Å². The van der Waals surface area contributed by atoms with Crippen LogP contribution in [0.4, 0.5) is 5.69 Å². The van der Waals surface area contributed by atoms with Gasteiger partial charge in [-0.15, -0.1) is 0 Å². The Hall–Kier alpha value is -1.11. The Morgan fingerprint density at radius 2 is 2.00 bits per heavy atom. The first-order chi connectivity index (χ1) is 6.57. The molecule has 0 N–H and O–H groups in total. The first kappa shape index (κ1) is 9.45. The summed E-state index contributed by atoms with van der Waals surface area (Å²) < 4.78 is 0. The summed E-state index contributed by atoms with van der Waals surface area (Å²) in [7, 11) is 0. The zero-order chi connectivity index (χ0) is 10.2. The van der Waals surface area contributed by atoms with Crippen LogP contribution in [0.5, 0.6) is 0 Å². The van der Waals surface area contributed by atoms with Gasteiger partial charge >= 0.3 is 0 Å². The van der Waals surface area contributed by atoms with Crippen molar-refractivity contribution in [1.82, 2.24) is 0 Å². The fourth-order valence-corrected chi connectivity index (χ4v) is 1.76. The van der Waals surface area contributed by atoms with Crippen molar-refractivity contribution in [2.75, 3.05) is 0 Å². The van der Waals surface area contributed by atoms with Crippen LogP contribution in [0.25, 0.3) is 0 Å². The molecule has 74 valence electrons. The van der Waals surface area contributed by atoms with Crippen LogP contribution in [0.15, 0.2) is 23.2 Å². The number of aliphatic imine (C=N–C) groups is 1. The van der Waals surface area contributed by atoms with Crippen molar-refractivity contribution in [1.29, 1.82) is 0 Å². The van der Waals surface area contributed by atoms with Gasteiger partial charge in [0.25, 0.3) is 0 Å². The topological polar surface area (TPSA) is 12.4 Å². The molecule has 1 aliphatic heterocycles. The van der Waals surface area contributed by atoms with Crippen LogP contribution in [-0.4, -0.2) is 6.21 Å². The second-order valence-electron chi connectivity index (χ2n) is 4.94. The summed E-state index contributed by atoms with van der Waals surface area (Å²) in [4.78, 5) is 4.39. The highest BCUT2D eigenvalue weighted by molar-refractivity contribution is 5.69. The Kier molecular flexibility index (Phi) is 2.18. The van der Waals surface area contributed by atoms with Crippen molar-refractivity contribution in [3.8, 4) is 0 Å². The molecule has 0 radical (unpaired) electrons. The normalized spacial score (nSPS) is 15.4. The molecular formula is C13H17N. The maximum absolute atomic E-state index is 4.39. The van der Waals surface area contributed by atoms with Crippen LogP contribution in [-0.2, 0) is 11.8 Å². The summed E-state index contributed by atoms with van der Waals surface area (Å²) in [5.41, 5.74) is 4.22. The van der Waals surface area contributed by atoms with E-state index in [0.29, 0.717) is 0 Å². The first-order valence-electron chi connectivity index (χ1n) is 5.23. The Balaban J connectivity index is 2.45. The van der Waals surface area contributed by atoms with Crippen LogP contribution in [0, 0.1) is 0 Å². The van der Waals surface area contributed by atoms with Gasteiger partial charge in [0.2, 0.25) is 0 Å². The number of aryl methyl sites for hydroxylation is 1. The van der Waals surface area contributed by atoms with Crippen LogP contribution < -0.4 is 0 Å². The molecule has 1 aliphatic rings. The summed E-state index contributed by atoms with van der Waals surface area (Å²) >= 11 is 0. The predicted octanol–water partition coefficient (Wildman–Crippen LogP) is 3.63. The SMILES string of the molecule is CC(C)(C)c1ccc2c(c1)CCC=N2. The lowest BCUT2D eigenvalue weighted by atomic mass is 9.85. The third-order valence-corrected chi connectivity index (χ3v) is 2.72. The van der Waals surface area contributed by atoms with E-state index in [1.165, 1.54) is 11.1 Å². The van der Waals surface area contributed by atoms with Gasteiger partial charge in [0.15, 0.2) is 0 Å². The number of hydrogen-bond donors (Lipinski definition) is 0. The second kappa shape index (κ2) is 3.23. The highest BCUT2D eigenvalue weighted by Gasteiger charge is 2.15. The lowest BCUT2D eigenvalue weighted by Crippen LogP contribution is -2.11. The van der Waals surface area contributed by atoms with Crippen molar-refractivity contribution in [3.05, 3.63) is 29.3 Å². The van der Waals surface area contributed by atoms with Gasteiger partial charge in [-0.2, -0.15) is 0 Å². The van der Waals surface area contributed by atoms with E-state index in [9.17, 15) is 0 Å². The molecule has 2 rings (SSSR count). The molecule has 1 nitrogen and oxygen atoms in total. The molecule has 1 heteroatoms. The van der Waals surface area contributed by atoms with Gasteiger partial charge in [-0.1, -0.05) is 32.9 Å². The Labute approximate surface area is 85.9 Å². The monoisotopic (exact) mass is 187 g/mol. The third kappa shape index (κ3) is 1.72. The maximum Gasteiger partial charge on any atom is 0.0657 e. The van der Waals surface area contributed by atoms with Gasteiger partial charge in [-0.3, -0.25) is 4.99 Å². The summed E-state index contributed by atoms with van der Waals surface area (Å²) in [6, 6.07) is 6.65. The molecule has 0 aliphatic carbocycles. The zero-order valence-electron chi connectivity index (χ0n) is 9.17. The van der Waals surface area contributed by atoms with Crippen molar-refractivity contribution < 1.29 is 0 Å². The Morgan fingerprint density at radius 3 is 2.71 bits per heavy atom. The van der Waals surface area contributed by atoms with Crippen LogP contribution in [0.2, 0.25) is 0 Å². The van der Waals surface area contributed by atoms with Gasteiger partial charge in [-0.25, -0.2) is 0 Å². The zero-order valence-corrected chi connectivity index (χ0v) is 9.17. The molecule has 0 spiro atoms. The molecule has 1 heterocycles. The number of benzene rings is 1. The highest BCUT2D eigenvalue weighted by Crippen LogP contribution is 2.30. The third-order valence-electron chi connectivity index (χ3n) is 2.72. The molecule has 0 saturated heterocycles. The van der Waals surface area contributed by atoms with Crippen molar-refractivity contribution in [2.45, 2.75) is 39.0 Å². The van der Waals surface area contributed by atoms with Gasteiger partial charge < -0.3 is 0 Å². The van der Waals surface area contributed by atoms with E-state index < -0.39 is 0 Å².